The topological polar surface area (TPSA) is 33.6 Å². The zero-order valence-corrected chi connectivity index (χ0v) is 25.1. The number of fused-ring (bicyclic) bond motifs is 9. The number of thioether (sulfide) groups is 1. The van der Waals surface area contributed by atoms with Gasteiger partial charge in [-0.1, -0.05) is 121 Å². The van der Waals surface area contributed by atoms with E-state index in [9.17, 15) is 0 Å². The molecule has 0 aromatic heterocycles. The Labute approximate surface area is 262 Å². The maximum Gasteiger partial charge on any atom is 0.132 e. The van der Waals surface area contributed by atoms with Crippen LogP contribution in [0.15, 0.2) is 133 Å². The van der Waals surface area contributed by atoms with E-state index in [0.29, 0.717) is 0 Å². The van der Waals surface area contributed by atoms with Gasteiger partial charge in [-0.25, -0.2) is 0 Å². The zero-order chi connectivity index (χ0) is 29.7. The summed E-state index contributed by atoms with van der Waals surface area (Å²) in [5.41, 5.74) is 13.4. The molecule has 3 aliphatic rings. The predicted molar refractivity (Wildman–Crippen MR) is 182 cm³/mol. The third-order valence-corrected chi connectivity index (χ3v) is 10.4. The van der Waals surface area contributed by atoms with Gasteiger partial charge in [-0.2, -0.15) is 5.10 Å². The molecule has 0 fully saturated rings. The number of ether oxygens (including phenoxy) is 1. The van der Waals surface area contributed by atoms with Crippen molar-refractivity contribution >= 4 is 22.4 Å². The molecule has 0 saturated heterocycles. The van der Waals surface area contributed by atoms with Gasteiger partial charge in [0, 0.05) is 16.0 Å². The van der Waals surface area contributed by atoms with Crippen LogP contribution >= 0.6 is 11.8 Å². The summed E-state index contributed by atoms with van der Waals surface area (Å²) in [4.78, 5) is 1.19. The summed E-state index contributed by atoms with van der Waals surface area (Å²) in [5.74, 6) is 4.63. The van der Waals surface area contributed by atoms with Crippen molar-refractivity contribution in [1.29, 1.82) is 0 Å². The van der Waals surface area contributed by atoms with Gasteiger partial charge < -0.3 is 10.2 Å². The minimum atomic E-state index is -0.444. The molecule has 2 atom stereocenters. The second-order valence-corrected chi connectivity index (χ2v) is 12.7. The Kier molecular flexibility index (Phi) is 6.43. The van der Waals surface area contributed by atoms with E-state index in [2.05, 4.69) is 133 Å². The first kappa shape index (κ1) is 26.6. The van der Waals surface area contributed by atoms with Crippen molar-refractivity contribution in [1.82, 2.24) is 5.43 Å². The van der Waals surface area contributed by atoms with Crippen LogP contribution in [0, 0.1) is 12.3 Å². The van der Waals surface area contributed by atoms with Gasteiger partial charge in [-0.05, 0) is 58.9 Å². The highest BCUT2D eigenvalue weighted by atomic mass is 32.2. The SMILES string of the molecule is C#C/C(=N\NC(C)c1ccccc1)C1CC=C(c2ccc3c(c2)Oc2ccccc2C32c3ccccc3-c3ccccc32)S1. The zero-order valence-electron chi connectivity index (χ0n) is 24.3. The molecular formula is C40H30N2OS. The van der Waals surface area contributed by atoms with Crippen LogP contribution in [0.4, 0.5) is 0 Å². The fourth-order valence-electron chi connectivity index (χ4n) is 7.01. The molecular weight excluding hydrogens is 557 g/mol. The van der Waals surface area contributed by atoms with Crippen LogP contribution in [-0.4, -0.2) is 11.0 Å². The van der Waals surface area contributed by atoms with E-state index < -0.39 is 5.41 Å². The van der Waals surface area contributed by atoms with Crippen molar-refractivity contribution in [2.24, 2.45) is 5.10 Å². The highest BCUT2D eigenvalue weighted by Gasteiger charge is 2.50. The predicted octanol–water partition coefficient (Wildman–Crippen LogP) is 9.34. The molecule has 2 heterocycles. The average molecular weight is 587 g/mol. The Morgan fingerprint density at radius 1 is 0.818 bits per heavy atom. The number of terminal acetylenes is 1. The van der Waals surface area contributed by atoms with Crippen LogP contribution in [0.3, 0.4) is 0 Å². The van der Waals surface area contributed by atoms with Gasteiger partial charge in [0.05, 0.1) is 16.7 Å². The largest absolute Gasteiger partial charge is 0.457 e. The van der Waals surface area contributed by atoms with Crippen molar-refractivity contribution in [2.75, 3.05) is 0 Å². The van der Waals surface area contributed by atoms with E-state index in [4.69, 9.17) is 11.2 Å². The minimum absolute atomic E-state index is 0.0669. The second-order valence-electron chi connectivity index (χ2n) is 11.5. The normalized spacial score (nSPS) is 17.8. The maximum absolute atomic E-state index is 6.69. The van der Waals surface area contributed by atoms with E-state index >= 15 is 0 Å². The van der Waals surface area contributed by atoms with Crippen LogP contribution in [0.2, 0.25) is 0 Å². The highest BCUT2D eigenvalue weighted by molar-refractivity contribution is 8.09. The molecule has 0 amide bonds. The molecule has 0 bridgehead atoms. The molecule has 5 aromatic carbocycles. The van der Waals surface area contributed by atoms with Gasteiger partial charge in [-0.3, -0.25) is 0 Å². The Morgan fingerprint density at radius 2 is 1.45 bits per heavy atom. The summed E-state index contributed by atoms with van der Waals surface area (Å²) < 4.78 is 6.69. The summed E-state index contributed by atoms with van der Waals surface area (Å²) in [5, 5.41) is 4.75. The summed E-state index contributed by atoms with van der Waals surface area (Å²) in [7, 11) is 0. The molecule has 44 heavy (non-hydrogen) atoms. The van der Waals surface area contributed by atoms with Crippen LogP contribution in [-0.2, 0) is 5.41 Å². The minimum Gasteiger partial charge on any atom is -0.457 e. The smallest absolute Gasteiger partial charge is 0.132 e. The Hall–Kier alpha value is -4.98. The highest BCUT2D eigenvalue weighted by Crippen LogP contribution is 2.62. The first-order valence-electron chi connectivity index (χ1n) is 15.0. The van der Waals surface area contributed by atoms with Crippen molar-refractivity contribution in [2.45, 2.75) is 30.1 Å². The fraction of sp³-hybridized carbons (Fsp3) is 0.125. The third kappa shape index (κ3) is 4.04. The van der Waals surface area contributed by atoms with Crippen LogP contribution in [0.5, 0.6) is 11.5 Å². The van der Waals surface area contributed by atoms with Crippen molar-refractivity contribution in [3.63, 3.8) is 0 Å². The van der Waals surface area contributed by atoms with E-state index in [1.165, 1.54) is 43.8 Å². The first-order valence-corrected chi connectivity index (χ1v) is 15.9. The molecule has 1 spiro atoms. The molecule has 2 aliphatic heterocycles. The van der Waals surface area contributed by atoms with E-state index in [1.54, 1.807) is 11.8 Å². The van der Waals surface area contributed by atoms with E-state index in [-0.39, 0.29) is 11.3 Å². The molecule has 4 heteroatoms. The monoisotopic (exact) mass is 586 g/mol. The number of hydrogen-bond acceptors (Lipinski definition) is 4. The molecule has 2 unspecified atom stereocenters. The number of hydrazone groups is 1. The van der Waals surface area contributed by atoms with Crippen molar-refractivity contribution in [3.05, 3.63) is 161 Å². The van der Waals surface area contributed by atoms with Gasteiger partial charge in [0.25, 0.3) is 0 Å². The van der Waals surface area contributed by atoms with E-state index in [0.717, 1.165) is 29.2 Å². The number of nitrogens with zero attached hydrogens (tertiary/aromatic N) is 1. The molecule has 0 saturated carbocycles. The molecule has 8 rings (SSSR count). The summed E-state index contributed by atoms with van der Waals surface area (Å²) in [6, 6.07) is 43.2. The summed E-state index contributed by atoms with van der Waals surface area (Å²) in [6.45, 7) is 2.09. The molecule has 5 aromatic rings. The maximum atomic E-state index is 6.69. The van der Waals surface area contributed by atoms with E-state index in [1.807, 2.05) is 18.2 Å². The number of para-hydroxylation sites is 1. The van der Waals surface area contributed by atoms with Crippen LogP contribution in [0.25, 0.3) is 16.0 Å². The lowest BCUT2D eigenvalue weighted by atomic mass is 9.66. The molecule has 212 valence electrons. The fourth-order valence-corrected chi connectivity index (χ4v) is 8.20. The number of hydrogen-bond donors (Lipinski definition) is 1. The lowest BCUT2D eigenvalue weighted by Gasteiger charge is -2.39. The van der Waals surface area contributed by atoms with Gasteiger partial charge >= 0.3 is 0 Å². The second kappa shape index (κ2) is 10.6. The number of benzene rings is 5. The molecule has 0 radical (unpaired) electrons. The van der Waals surface area contributed by atoms with Crippen LogP contribution < -0.4 is 10.2 Å². The lowest BCUT2D eigenvalue weighted by molar-refractivity contribution is 0.436. The number of nitrogens with one attached hydrogen (secondary N) is 1. The molecule has 1 aliphatic carbocycles. The van der Waals surface area contributed by atoms with Crippen molar-refractivity contribution in [3.8, 4) is 35.0 Å². The van der Waals surface area contributed by atoms with Crippen molar-refractivity contribution < 1.29 is 4.74 Å². The summed E-state index contributed by atoms with van der Waals surface area (Å²) >= 11 is 1.77. The summed E-state index contributed by atoms with van der Waals surface area (Å²) in [6.07, 6.45) is 9.07. The molecule has 1 N–H and O–H groups in total. The molecule has 3 nitrogen and oxygen atoms in total. The standard InChI is InChI=1S/C40H30N2OS/c1-3-35(42-41-26(2)27-13-5-4-6-14-27)39-24-23-38(44-39)28-21-22-34-37(25-28)43-36-20-12-11-19-33(36)40(34)31-17-9-7-15-29(31)30-16-8-10-18-32(30)40/h1,4-23,25-26,39,41H,24H2,2H3/b42-35+. The van der Waals surface area contributed by atoms with Crippen LogP contribution in [0.1, 0.15) is 52.8 Å². The number of allylic oxidation sites excluding steroid dienone is 1. The van der Waals surface area contributed by atoms with Gasteiger partial charge in [0.15, 0.2) is 0 Å². The Balaban J connectivity index is 1.15. The third-order valence-electron chi connectivity index (χ3n) is 9.05. The Bertz CT molecular complexity index is 1970. The first-order chi connectivity index (χ1) is 21.7. The van der Waals surface area contributed by atoms with Gasteiger partial charge in [0.2, 0.25) is 0 Å². The lowest BCUT2D eigenvalue weighted by Crippen LogP contribution is -2.32. The van der Waals surface area contributed by atoms with Gasteiger partial charge in [-0.15, -0.1) is 18.2 Å². The number of rotatable bonds is 5. The average Bonchev–Trinajstić information content (AvgIpc) is 3.68. The quantitative estimate of drug-likeness (QED) is 0.124. The Morgan fingerprint density at radius 3 is 2.18 bits per heavy atom. The van der Waals surface area contributed by atoms with Gasteiger partial charge in [0.1, 0.15) is 17.2 Å².